The zero-order chi connectivity index (χ0) is 9.97. The molecule has 4 nitrogen and oxygen atoms in total. The topological polar surface area (TPSA) is 44.1 Å². The van der Waals surface area contributed by atoms with Gasteiger partial charge in [0.15, 0.2) is 6.29 Å². The Kier molecular flexibility index (Phi) is 2.63. The highest BCUT2D eigenvalue weighted by Crippen LogP contribution is 2.28. The SMILES string of the molecule is CCn1cc(C=O)c(C2CCCO2)n1. The first-order chi connectivity index (χ1) is 6.85. The van der Waals surface area contributed by atoms with E-state index in [0.29, 0.717) is 5.56 Å². The van der Waals surface area contributed by atoms with E-state index in [2.05, 4.69) is 5.10 Å². The maximum atomic E-state index is 10.8. The highest BCUT2D eigenvalue weighted by Gasteiger charge is 2.23. The van der Waals surface area contributed by atoms with Gasteiger partial charge in [-0.15, -0.1) is 0 Å². The number of hydrogen-bond acceptors (Lipinski definition) is 3. The molecule has 1 aromatic heterocycles. The molecule has 0 amide bonds. The number of aryl methyl sites for hydroxylation is 1. The summed E-state index contributed by atoms with van der Waals surface area (Å²) in [4.78, 5) is 10.8. The van der Waals surface area contributed by atoms with Gasteiger partial charge < -0.3 is 4.74 Å². The third kappa shape index (κ3) is 1.57. The van der Waals surface area contributed by atoms with E-state index in [1.807, 2.05) is 6.92 Å². The number of carbonyl (C=O) groups is 1. The molecule has 2 rings (SSSR count). The Bertz CT molecular complexity index is 327. The van der Waals surface area contributed by atoms with Crippen molar-refractivity contribution in [2.45, 2.75) is 32.4 Å². The number of hydrogen-bond donors (Lipinski definition) is 0. The highest BCUT2D eigenvalue weighted by molar-refractivity contribution is 5.76. The fourth-order valence-corrected chi connectivity index (χ4v) is 1.75. The third-order valence-corrected chi connectivity index (χ3v) is 2.51. The van der Waals surface area contributed by atoms with E-state index in [1.165, 1.54) is 0 Å². The zero-order valence-corrected chi connectivity index (χ0v) is 8.27. The van der Waals surface area contributed by atoms with Gasteiger partial charge in [-0.2, -0.15) is 5.10 Å². The quantitative estimate of drug-likeness (QED) is 0.686. The van der Waals surface area contributed by atoms with Crippen molar-refractivity contribution in [3.63, 3.8) is 0 Å². The van der Waals surface area contributed by atoms with Crippen molar-refractivity contribution in [1.29, 1.82) is 0 Å². The molecule has 0 spiro atoms. The van der Waals surface area contributed by atoms with Crippen LogP contribution in [0.5, 0.6) is 0 Å². The van der Waals surface area contributed by atoms with Crippen LogP contribution in [0.2, 0.25) is 0 Å². The molecule has 0 aromatic carbocycles. The lowest BCUT2D eigenvalue weighted by Gasteiger charge is -2.05. The van der Waals surface area contributed by atoms with Gasteiger partial charge in [0, 0.05) is 19.3 Å². The number of aldehydes is 1. The molecule has 76 valence electrons. The Morgan fingerprint density at radius 2 is 2.64 bits per heavy atom. The maximum Gasteiger partial charge on any atom is 0.153 e. The lowest BCUT2D eigenvalue weighted by atomic mass is 10.1. The predicted octanol–water partition coefficient (Wildman–Crippen LogP) is 1.57. The van der Waals surface area contributed by atoms with Gasteiger partial charge in [0.25, 0.3) is 0 Å². The summed E-state index contributed by atoms with van der Waals surface area (Å²) in [6.07, 6.45) is 4.70. The van der Waals surface area contributed by atoms with Gasteiger partial charge in [-0.3, -0.25) is 9.48 Å². The van der Waals surface area contributed by atoms with Gasteiger partial charge in [0.05, 0.1) is 5.56 Å². The number of aromatic nitrogens is 2. The van der Waals surface area contributed by atoms with E-state index >= 15 is 0 Å². The molecule has 0 N–H and O–H groups in total. The fourth-order valence-electron chi connectivity index (χ4n) is 1.75. The Hall–Kier alpha value is -1.16. The van der Waals surface area contributed by atoms with Crippen LogP contribution in [0.25, 0.3) is 0 Å². The molecule has 2 heterocycles. The Morgan fingerprint density at radius 3 is 3.21 bits per heavy atom. The summed E-state index contributed by atoms with van der Waals surface area (Å²) in [6.45, 7) is 3.57. The molecule has 1 aliphatic heterocycles. The average molecular weight is 194 g/mol. The molecule has 0 radical (unpaired) electrons. The fraction of sp³-hybridized carbons (Fsp3) is 0.600. The van der Waals surface area contributed by atoms with Crippen molar-refractivity contribution < 1.29 is 9.53 Å². The summed E-state index contributed by atoms with van der Waals surface area (Å²) in [5.74, 6) is 0. The third-order valence-electron chi connectivity index (χ3n) is 2.51. The molecule has 4 heteroatoms. The molecule has 1 aromatic rings. The lowest BCUT2D eigenvalue weighted by molar-refractivity contribution is 0.103. The first-order valence-corrected chi connectivity index (χ1v) is 4.99. The minimum absolute atomic E-state index is 0.0306. The standard InChI is InChI=1S/C10H14N2O2/c1-2-12-6-8(7-13)10(11-12)9-4-3-5-14-9/h6-7,9H,2-5H2,1H3. The first kappa shape index (κ1) is 9.40. The van der Waals surface area contributed by atoms with Gasteiger partial charge in [-0.25, -0.2) is 0 Å². The van der Waals surface area contributed by atoms with Crippen molar-refractivity contribution in [2.75, 3.05) is 6.61 Å². The second kappa shape index (κ2) is 3.92. The Balaban J connectivity index is 2.29. The van der Waals surface area contributed by atoms with Crippen LogP contribution in [0, 0.1) is 0 Å². The van der Waals surface area contributed by atoms with Crippen LogP contribution < -0.4 is 0 Å². The highest BCUT2D eigenvalue weighted by atomic mass is 16.5. The van der Waals surface area contributed by atoms with Crippen LogP contribution in [0.3, 0.4) is 0 Å². The minimum Gasteiger partial charge on any atom is -0.372 e. The van der Waals surface area contributed by atoms with Crippen molar-refractivity contribution in [1.82, 2.24) is 9.78 Å². The van der Waals surface area contributed by atoms with Crippen LogP contribution >= 0.6 is 0 Å². The van der Waals surface area contributed by atoms with Gasteiger partial charge in [-0.05, 0) is 19.8 Å². The van der Waals surface area contributed by atoms with Crippen molar-refractivity contribution in [3.05, 3.63) is 17.5 Å². The van der Waals surface area contributed by atoms with E-state index < -0.39 is 0 Å². The molecular formula is C10H14N2O2. The maximum absolute atomic E-state index is 10.8. The van der Waals surface area contributed by atoms with Crippen molar-refractivity contribution >= 4 is 6.29 Å². The van der Waals surface area contributed by atoms with Crippen LogP contribution in [0.4, 0.5) is 0 Å². The van der Waals surface area contributed by atoms with Crippen LogP contribution in [0.1, 0.15) is 41.9 Å². The van der Waals surface area contributed by atoms with Crippen LogP contribution in [0.15, 0.2) is 6.20 Å². The minimum atomic E-state index is 0.0306. The first-order valence-electron chi connectivity index (χ1n) is 4.99. The normalized spacial score (nSPS) is 21.4. The average Bonchev–Trinajstić information content (AvgIpc) is 2.85. The monoisotopic (exact) mass is 194 g/mol. The van der Waals surface area contributed by atoms with E-state index in [0.717, 1.165) is 38.0 Å². The molecule has 1 atom stereocenters. The van der Waals surface area contributed by atoms with E-state index in [4.69, 9.17) is 4.74 Å². The second-order valence-corrected chi connectivity index (χ2v) is 3.44. The summed E-state index contributed by atoms with van der Waals surface area (Å²) in [5.41, 5.74) is 1.47. The molecule has 0 aliphatic carbocycles. The largest absolute Gasteiger partial charge is 0.372 e. The van der Waals surface area contributed by atoms with E-state index in [-0.39, 0.29) is 6.10 Å². The number of nitrogens with zero attached hydrogens (tertiary/aromatic N) is 2. The Morgan fingerprint density at radius 1 is 1.79 bits per heavy atom. The molecule has 14 heavy (non-hydrogen) atoms. The van der Waals surface area contributed by atoms with Crippen LogP contribution in [-0.2, 0) is 11.3 Å². The van der Waals surface area contributed by atoms with E-state index in [1.54, 1.807) is 10.9 Å². The van der Waals surface area contributed by atoms with Crippen molar-refractivity contribution in [3.8, 4) is 0 Å². The molecule has 1 aliphatic rings. The molecule has 1 unspecified atom stereocenters. The van der Waals surface area contributed by atoms with Gasteiger partial charge in [-0.1, -0.05) is 0 Å². The Labute approximate surface area is 82.9 Å². The second-order valence-electron chi connectivity index (χ2n) is 3.44. The molecule has 0 bridgehead atoms. The lowest BCUT2D eigenvalue weighted by Crippen LogP contribution is -2.01. The van der Waals surface area contributed by atoms with Crippen molar-refractivity contribution in [2.24, 2.45) is 0 Å². The number of ether oxygens (including phenoxy) is 1. The summed E-state index contributed by atoms with van der Waals surface area (Å²) in [5, 5.41) is 4.34. The number of carbonyl (C=O) groups excluding carboxylic acids is 1. The van der Waals surface area contributed by atoms with Gasteiger partial charge >= 0.3 is 0 Å². The number of rotatable bonds is 3. The molecule has 0 saturated carbocycles. The smallest absolute Gasteiger partial charge is 0.153 e. The predicted molar refractivity (Wildman–Crippen MR) is 51.2 cm³/mol. The molecular weight excluding hydrogens is 180 g/mol. The van der Waals surface area contributed by atoms with Crippen LogP contribution in [-0.4, -0.2) is 22.7 Å². The van der Waals surface area contributed by atoms with E-state index in [9.17, 15) is 4.79 Å². The zero-order valence-electron chi connectivity index (χ0n) is 8.27. The summed E-state index contributed by atoms with van der Waals surface area (Å²) < 4.78 is 7.28. The summed E-state index contributed by atoms with van der Waals surface area (Å²) in [7, 11) is 0. The molecule has 1 fully saturated rings. The molecule has 1 saturated heterocycles. The summed E-state index contributed by atoms with van der Waals surface area (Å²) >= 11 is 0. The van der Waals surface area contributed by atoms with Gasteiger partial charge in [0.1, 0.15) is 11.8 Å². The summed E-state index contributed by atoms with van der Waals surface area (Å²) in [6, 6.07) is 0. The van der Waals surface area contributed by atoms with Gasteiger partial charge in [0.2, 0.25) is 0 Å².